The van der Waals surface area contributed by atoms with Crippen LogP contribution in [0.4, 0.5) is 5.69 Å². The number of hydrogen-bond acceptors (Lipinski definition) is 2. The molecule has 0 spiro atoms. The van der Waals surface area contributed by atoms with Crippen LogP contribution in [-0.4, -0.2) is 19.5 Å². The lowest BCUT2D eigenvalue weighted by Gasteiger charge is -2.01. The van der Waals surface area contributed by atoms with Gasteiger partial charge in [0, 0.05) is 19.5 Å². The van der Waals surface area contributed by atoms with Gasteiger partial charge >= 0.3 is 0 Å². The van der Waals surface area contributed by atoms with E-state index in [1.807, 2.05) is 12.1 Å². The van der Waals surface area contributed by atoms with Gasteiger partial charge in [-0.15, -0.1) is 0 Å². The highest BCUT2D eigenvalue weighted by atomic mass is 14.7. The van der Waals surface area contributed by atoms with Crippen LogP contribution in [0.5, 0.6) is 0 Å². The van der Waals surface area contributed by atoms with Crippen LogP contribution in [0.3, 0.4) is 0 Å². The van der Waals surface area contributed by atoms with Gasteiger partial charge in [-0.05, 0) is 31.0 Å². The molecule has 0 bridgehead atoms. The molecule has 0 unspecified atom stereocenters. The van der Waals surface area contributed by atoms with Crippen molar-refractivity contribution in [3.8, 4) is 0 Å². The largest absolute Gasteiger partial charge is 0.295 e. The number of rotatable bonds is 2. The minimum atomic E-state index is 1.01. The van der Waals surface area contributed by atoms with E-state index in [1.54, 1.807) is 19.5 Å². The monoisotopic (exact) mass is 174 g/mol. The highest BCUT2D eigenvalue weighted by Gasteiger charge is 1.96. The maximum atomic E-state index is 4.28. The van der Waals surface area contributed by atoms with Crippen LogP contribution in [-0.2, 0) is 0 Å². The Morgan fingerprint density at radius 3 is 2.62 bits per heavy atom. The zero-order valence-corrected chi connectivity index (χ0v) is 8.28. The minimum Gasteiger partial charge on any atom is -0.295 e. The summed E-state index contributed by atoms with van der Waals surface area (Å²) in [5.74, 6) is 0. The SMILES string of the molecule is CN=CC=Nc1cccc(C)c1C. The van der Waals surface area contributed by atoms with Crippen molar-refractivity contribution >= 4 is 18.1 Å². The Morgan fingerprint density at radius 2 is 1.92 bits per heavy atom. The van der Waals surface area contributed by atoms with Crippen molar-refractivity contribution < 1.29 is 0 Å². The normalized spacial score (nSPS) is 11.6. The molecule has 0 N–H and O–H groups in total. The van der Waals surface area contributed by atoms with Crippen molar-refractivity contribution in [2.45, 2.75) is 13.8 Å². The lowest BCUT2D eigenvalue weighted by molar-refractivity contribution is 1.31. The van der Waals surface area contributed by atoms with E-state index in [-0.39, 0.29) is 0 Å². The molecule has 13 heavy (non-hydrogen) atoms. The lowest BCUT2D eigenvalue weighted by atomic mass is 10.1. The molecule has 0 radical (unpaired) electrons. The predicted octanol–water partition coefficient (Wildman–Crippen LogP) is 2.71. The molecule has 1 rings (SSSR count). The summed E-state index contributed by atoms with van der Waals surface area (Å²) in [4.78, 5) is 8.11. The summed E-state index contributed by atoms with van der Waals surface area (Å²) < 4.78 is 0. The molecule has 0 aromatic heterocycles. The van der Waals surface area contributed by atoms with Gasteiger partial charge in [-0.2, -0.15) is 0 Å². The van der Waals surface area contributed by atoms with E-state index in [2.05, 4.69) is 29.9 Å². The first-order chi connectivity index (χ1) is 6.25. The zero-order chi connectivity index (χ0) is 9.68. The molecule has 0 aliphatic rings. The number of nitrogens with zero attached hydrogens (tertiary/aromatic N) is 2. The van der Waals surface area contributed by atoms with E-state index >= 15 is 0 Å². The van der Waals surface area contributed by atoms with Gasteiger partial charge in [-0.25, -0.2) is 0 Å². The van der Waals surface area contributed by atoms with Gasteiger partial charge < -0.3 is 0 Å². The third-order valence-corrected chi connectivity index (χ3v) is 2.01. The van der Waals surface area contributed by atoms with E-state index in [0.717, 1.165) is 5.69 Å². The van der Waals surface area contributed by atoms with Crippen molar-refractivity contribution in [1.82, 2.24) is 0 Å². The van der Waals surface area contributed by atoms with Crippen LogP contribution in [0.1, 0.15) is 11.1 Å². The Balaban J connectivity index is 2.95. The lowest BCUT2D eigenvalue weighted by Crippen LogP contribution is -1.81. The van der Waals surface area contributed by atoms with Gasteiger partial charge in [-0.3, -0.25) is 9.98 Å². The fourth-order valence-corrected chi connectivity index (χ4v) is 1.06. The molecule has 0 amide bonds. The van der Waals surface area contributed by atoms with Crippen LogP contribution in [0.15, 0.2) is 28.2 Å². The molecule has 0 atom stereocenters. The molecule has 1 aromatic carbocycles. The summed E-state index contributed by atoms with van der Waals surface area (Å²) in [5.41, 5.74) is 3.51. The predicted molar refractivity (Wildman–Crippen MR) is 58.5 cm³/mol. The second-order valence-electron chi connectivity index (χ2n) is 2.90. The Bertz CT molecular complexity index is 338. The Morgan fingerprint density at radius 1 is 1.15 bits per heavy atom. The van der Waals surface area contributed by atoms with Gasteiger partial charge in [-0.1, -0.05) is 12.1 Å². The minimum absolute atomic E-state index is 1.01. The third-order valence-electron chi connectivity index (χ3n) is 2.01. The van der Waals surface area contributed by atoms with Gasteiger partial charge in [0.1, 0.15) is 0 Å². The number of aryl methyl sites for hydroxylation is 1. The van der Waals surface area contributed by atoms with Crippen molar-refractivity contribution in [1.29, 1.82) is 0 Å². The first kappa shape index (κ1) is 9.65. The van der Waals surface area contributed by atoms with E-state index in [4.69, 9.17) is 0 Å². The Hall–Kier alpha value is -1.44. The highest BCUT2D eigenvalue weighted by Crippen LogP contribution is 2.20. The Labute approximate surface area is 79.0 Å². The van der Waals surface area contributed by atoms with Crippen molar-refractivity contribution in [3.05, 3.63) is 29.3 Å². The van der Waals surface area contributed by atoms with E-state index in [1.165, 1.54) is 11.1 Å². The smallest absolute Gasteiger partial charge is 0.0662 e. The number of benzene rings is 1. The molecule has 0 aliphatic carbocycles. The molecule has 0 saturated heterocycles. The average molecular weight is 174 g/mol. The summed E-state index contributed by atoms with van der Waals surface area (Å²) in [6.45, 7) is 4.16. The van der Waals surface area contributed by atoms with Crippen molar-refractivity contribution in [2.24, 2.45) is 9.98 Å². The highest BCUT2D eigenvalue weighted by molar-refractivity contribution is 6.16. The van der Waals surface area contributed by atoms with Crippen LogP contribution in [0.25, 0.3) is 0 Å². The van der Waals surface area contributed by atoms with E-state index in [0.29, 0.717) is 0 Å². The van der Waals surface area contributed by atoms with Crippen LogP contribution in [0, 0.1) is 13.8 Å². The second kappa shape index (κ2) is 4.55. The summed E-state index contributed by atoms with van der Waals surface area (Å²) in [7, 11) is 1.73. The van der Waals surface area contributed by atoms with Gasteiger partial charge in [0.05, 0.1) is 5.69 Å². The zero-order valence-electron chi connectivity index (χ0n) is 8.28. The van der Waals surface area contributed by atoms with E-state index in [9.17, 15) is 0 Å². The van der Waals surface area contributed by atoms with Crippen LogP contribution < -0.4 is 0 Å². The number of aliphatic imine (C=N–C) groups is 2. The third kappa shape index (κ3) is 2.51. The molecular formula is C11H14N2. The van der Waals surface area contributed by atoms with Gasteiger partial charge in [0.25, 0.3) is 0 Å². The molecule has 68 valence electrons. The topological polar surface area (TPSA) is 24.7 Å². The van der Waals surface area contributed by atoms with Gasteiger partial charge in [0.15, 0.2) is 0 Å². The molecular weight excluding hydrogens is 160 g/mol. The van der Waals surface area contributed by atoms with Crippen LogP contribution in [0.2, 0.25) is 0 Å². The van der Waals surface area contributed by atoms with Gasteiger partial charge in [0.2, 0.25) is 0 Å². The summed E-state index contributed by atoms with van der Waals surface area (Å²) in [6, 6.07) is 6.10. The van der Waals surface area contributed by atoms with Crippen molar-refractivity contribution in [2.75, 3.05) is 7.05 Å². The number of hydrogen-bond donors (Lipinski definition) is 0. The molecule has 0 saturated carbocycles. The fraction of sp³-hybridized carbons (Fsp3) is 0.273. The maximum Gasteiger partial charge on any atom is 0.0662 e. The molecule has 0 heterocycles. The second-order valence-corrected chi connectivity index (χ2v) is 2.90. The van der Waals surface area contributed by atoms with Crippen molar-refractivity contribution in [3.63, 3.8) is 0 Å². The molecule has 0 fully saturated rings. The first-order valence-corrected chi connectivity index (χ1v) is 4.26. The summed E-state index contributed by atoms with van der Waals surface area (Å²) in [6.07, 6.45) is 3.39. The molecule has 0 aliphatic heterocycles. The molecule has 1 aromatic rings. The fourth-order valence-electron chi connectivity index (χ4n) is 1.06. The maximum absolute atomic E-state index is 4.28. The Kier molecular flexibility index (Phi) is 3.38. The van der Waals surface area contributed by atoms with E-state index < -0.39 is 0 Å². The quantitative estimate of drug-likeness (QED) is 0.616. The molecule has 2 nitrogen and oxygen atoms in total. The van der Waals surface area contributed by atoms with Crippen LogP contribution >= 0.6 is 0 Å². The average Bonchev–Trinajstić information content (AvgIpc) is 2.13. The summed E-state index contributed by atoms with van der Waals surface area (Å²) in [5, 5.41) is 0. The standard InChI is InChI=1S/C11H14N2/c1-9-5-4-6-11(10(9)2)13-8-7-12-3/h4-8H,1-3H3. The summed E-state index contributed by atoms with van der Waals surface area (Å²) >= 11 is 0. The molecule has 2 heteroatoms. The first-order valence-electron chi connectivity index (χ1n) is 4.26.